The van der Waals surface area contributed by atoms with Gasteiger partial charge < -0.3 is 9.80 Å². The van der Waals surface area contributed by atoms with Crippen molar-refractivity contribution in [3.8, 4) is 0 Å². The summed E-state index contributed by atoms with van der Waals surface area (Å²) in [6.45, 7) is 6.46. The molecule has 0 saturated carbocycles. The number of carbonyl (C=O) groups excluding carboxylic acids is 1. The minimum atomic E-state index is 0.201. The molecule has 1 amide bonds. The normalized spacial score (nSPS) is 16.8. The number of carbonyl (C=O) groups is 1. The van der Waals surface area contributed by atoms with Crippen molar-refractivity contribution in [1.82, 2.24) is 4.90 Å². The fourth-order valence-corrected chi connectivity index (χ4v) is 2.04. The molecule has 3 heteroatoms. The van der Waals surface area contributed by atoms with E-state index in [0.29, 0.717) is 6.54 Å². The molecule has 16 heavy (non-hydrogen) atoms. The van der Waals surface area contributed by atoms with Crippen molar-refractivity contribution in [3.63, 3.8) is 0 Å². The van der Waals surface area contributed by atoms with E-state index in [-0.39, 0.29) is 5.91 Å². The molecule has 0 aliphatic carbocycles. The Morgan fingerprint density at radius 3 is 2.62 bits per heavy atom. The zero-order valence-corrected chi connectivity index (χ0v) is 10.2. The van der Waals surface area contributed by atoms with E-state index in [1.165, 1.54) is 16.8 Å². The first-order chi connectivity index (χ1) is 7.59. The monoisotopic (exact) mass is 218 g/mol. The molecule has 1 saturated heterocycles. The van der Waals surface area contributed by atoms with E-state index >= 15 is 0 Å². The molecular formula is C13H18N2O. The Morgan fingerprint density at radius 2 is 1.94 bits per heavy atom. The second-order valence-corrected chi connectivity index (χ2v) is 4.46. The first kappa shape index (κ1) is 11.0. The highest BCUT2D eigenvalue weighted by atomic mass is 16.2. The van der Waals surface area contributed by atoms with Crippen molar-refractivity contribution in [3.05, 3.63) is 29.3 Å². The number of aryl methyl sites for hydroxylation is 1. The Kier molecular flexibility index (Phi) is 2.86. The molecule has 0 unspecified atom stereocenters. The van der Waals surface area contributed by atoms with E-state index in [0.717, 1.165) is 13.1 Å². The first-order valence-electron chi connectivity index (χ1n) is 5.64. The quantitative estimate of drug-likeness (QED) is 0.714. The molecule has 1 fully saturated rings. The summed E-state index contributed by atoms with van der Waals surface area (Å²) in [5.74, 6) is 0.201. The van der Waals surface area contributed by atoms with Crippen LogP contribution in [-0.2, 0) is 4.79 Å². The molecular weight excluding hydrogens is 200 g/mol. The molecule has 1 aliphatic heterocycles. The number of hydrogen-bond acceptors (Lipinski definition) is 2. The van der Waals surface area contributed by atoms with Gasteiger partial charge in [0.15, 0.2) is 0 Å². The van der Waals surface area contributed by atoms with Crippen LogP contribution in [0, 0.1) is 13.8 Å². The smallest absolute Gasteiger partial charge is 0.241 e. The van der Waals surface area contributed by atoms with Crippen LogP contribution in [0.1, 0.15) is 11.1 Å². The molecule has 0 radical (unpaired) electrons. The van der Waals surface area contributed by atoms with Gasteiger partial charge in [0, 0.05) is 25.8 Å². The van der Waals surface area contributed by atoms with Crippen molar-refractivity contribution in [2.45, 2.75) is 13.8 Å². The minimum Gasteiger partial charge on any atom is -0.360 e. The second-order valence-electron chi connectivity index (χ2n) is 4.46. The van der Waals surface area contributed by atoms with Gasteiger partial charge in [-0.3, -0.25) is 4.79 Å². The van der Waals surface area contributed by atoms with Crippen molar-refractivity contribution in [2.75, 3.05) is 31.6 Å². The molecule has 2 rings (SSSR count). The molecule has 0 bridgehead atoms. The lowest BCUT2D eigenvalue weighted by Gasteiger charge is -2.34. The fraction of sp³-hybridized carbons (Fsp3) is 0.462. The number of anilines is 1. The summed E-state index contributed by atoms with van der Waals surface area (Å²) in [6.07, 6.45) is 0. The molecule has 0 aromatic heterocycles. The molecule has 1 heterocycles. The Morgan fingerprint density at radius 1 is 1.19 bits per heavy atom. The maximum Gasteiger partial charge on any atom is 0.241 e. The fourth-order valence-electron chi connectivity index (χ4n) is 2.04. The number of benzene rings is 1. The van der Waals surface area contributed by atoms with Crippen LogP contribution in [-0.4, -0.2) is 37.5 Å². The van der Waals surface area contributed by atoms with Crippen molar-refractivity contribution < 1.29 is 4.79 Å². The summed E-state index contributed by atoms with van der Waals surface area (Å²) in [6, 6.07) is 6.26. The highest BCUT2D eigenvalue weighted by molar-refractivity contribution is 5.83. The van der Waals surface area contributed by atoms with Crippen LogP contribution in [0.2, 0.25) is 0 Å². The Hall–Kier alpha value is -1.51. The maximum atomic E-state index is 11.7. The Balaban J connectivity index is 2.25. The number of nitrogens with zero attached hydrogens (tertiary/aromatic N) is 2. The summed E-state index contributed by atoms with van der Waals surface area (Å²) in [4.78, 5) is 15.6. The number of amides is 1. The molecule has 0 N–H and O–H groups in total. The van der Waals surface area contributed by atoms with E-state index in [2.05, 4.69) is 36.9 Å². The van der Waals surface area contributed by atoms with Crippen molar-refractivity contribution in [2.24, 2.45) is 0 Å². The average molecular weight is 218 g/mol. The van der Waals surface area contributed by atoms with E-state index in [4.69, 9.17) is 0 Å². The molecule has 1 aliphatic rings. The van der Waals surface area contributed by atoms with E-state index in [1.807, 2.05) is 7.05 Å². The topological polar surface area (TPSA) is 23.6 Å². The zero-order chi connectivity index (χ0) is 11.7. The van der Waals surface area contributed by atoms with Gasteiger partial charge in [-0.25, -0.2) is 0 Å². The third-order valence-electron chi connectivity index (χ3n) is 3.37. The molecule has 1 aromatic rings. The van der Waals surface area contributed by atoms with Gasteiger partial charge >= 0.3 is 0 Å². The van der Waals surface area contributed by atoms with Gasteiger partial charge in [0.25, 0.3) is 0 Å². The molecule has 0 atom stereocenters. The zero-order valence-electron chi connectivity index (χ0n) is 10.2. The van der Waals surface area contributed by atoms with Crippen LogP contribution in [0.15, 0.2) is 18.2 Å². The van der Waals surface area contributed by atoms with Crippen molar-refractivity contribution >= 4 is 11.6 Å². The SMILES string of the molecule is Cc1cccc(N2CCN(C)C(=O)C2)c1C. The summed E-state index contributed by atoms with van der Waals surface area (Å²) in [5, 5.41) is 0. The predicted octanol–water partition coefficient (Wildman–Crippen LogP) is 1.58. The molecule has 3 nitrogen and oxygen atoms in total. The Labute approximate surface area is 96.7 Å². The van der Waals surface area contributed by atoms with Crippen LogP contribution in [0.3, 0.4) is 0 Å². The van der Waals surface area contributed by atoms with Crippen LogP contribution in [0.25, 0.3) is 0 Å². The van der Waals surface area contributed by atoms with Gasteiger partial charge in [0.2, 0.25) is 5.91 Å². The predicted molar refractivity (Wildman–Crippen MR) is 65.8 cm³/mol. The standard InChI is InChI=1S/C13H18N2O/c1-10-5-4-6-12(11(10)2)15-8-7-14(3)13(16)9-15/h4-6H,7-9H2,1-3H3. The van der Waals surface area contributed by atoms with Crippen molar-refractivity contribution in [1.29, 1.82) is 0 Å². The number of likely N-dealkylation sites (N-methyl/N-ethyl adjacent to an activating group) is 1. The first-order valence-corrected chi connectivity index (χ1v) is 5.64. The summed E-state index contributed by atoms with van der Waals surface area (Å²) < 4.78 is 0. The third-order valence-corrected chi connectivity index (χ3v) is 3.37. The lowest BCUT2D eigenvalue weighted by atomic mass is 10.1. The van der Waals surface area contributed by atoms with Gasteiger partial charge in [-0.1, -0.05) is 12.1 Å². The lowest BCUT2D eigenvalue weighted by Crippen LogP contribution is -2.48. The third kappa shape index (κ3) is 1.90. The molecule has 0 spiro atoms. The Bertz CT molecular complexity index is 414. The minimum absolute atomic E-state index is 0.201. The van der Waals surface area contributed by atoms with Gasteiger partial charge in [-0.15, -0.1) is 0 Å². The van der Waals surface area contributed by atoms with Gasteiger partial charge in [0.1, 0.15) is 0 Å². The van der Waals surface area contributed by atoms with Crippen LogP contribution in [0.5, 0.6) is 0 Å². The number of rotatable bonds is 1. The van der Waals surface area contributed by atoms with Gasteiger partial charge in [0.05, 0.1) is 6.54 Å². The summed E-state index contributed by atoms with van der Waals surface area (Å²) in [7, 11) is 1.86. The van der Waals surface area contributed by atoms with Gasteiger partial charge in [-0.2, -0.15) is 0 Å². The molecule has 1 aromatic carbocycles. The van der Waals surface area contributed by atoms with Gasteiger partial charge in [-0.05, 0) is 31.0 Å². The second kappa shape index (κ2) is 4.16. The van der Waals surface area contributed by atoms with E-state index < -0.39 is 0 Å². The maximum absolute atomic E-state index is 11.7. The average Bonchev–Trinajstić information content (AvgIpc) is 2.26. The largest absolute Gasteiger partial charge is 0.360 e. The van der Waals surface area contributed by atoms with E-state index in [9.17, 15) is 4.79 Å². The number of hydrogen-bond donors (Lipinski definition) is 0. The highest BCUT2D eigenvalue weighted by Crippen LogP contribution is 2.23. The lowest BCUT2D eigenvalue weighted by molar-refractivity contribution is -0.129. The summed E-state index contributed by atoms with van der Waals surface area (Å²) in [5.41, 5.74) is 3.75. The van der Waals surface area contributed by atoms with Crippen LogP contribution >= 0.6 is 0 Å². The van der Waals surface area contributed by atoms with Crippen LogP contribution in [0.4, 0.5) is 5.69 Å². The summed E-state index contributed by atoms with van der Waals surface area (Å²) >= 11 is 0. The van der Waals surface area contributed by atoms with E-state index in [1.54, 1.807) is 4.90 Å². The van der Waals surface area contributed by atoms with Crippen LogP contribution < -0.4 is 4.90 Å². The number of piperazine rings is 1. The highest BCUT2D eigenvalue weighted by Gasteiger charge is 2.22. The molecule has 86 valence electrons.